The Morgan fingerprint density at radius 2 is 2.11 bits per heavy atom. The summed E-state index contributed by atoms with van der Waals surface area (Å²) in [5.74, 6) is 0.824. The van der Waals surface area contributed by atoms with Gasteiger partial charge in [-0.1, -0.05) is 0 Å². The van der Waals surface area contributed by atoms with Crippen LogP contribution < -0.4 is 10.5 Å². The molecular formula is C12H18N4O2. The molecule has 0 radical (unpaired) electrons. The molecule has 6 heteroatoms. The molecule has 6 nitrogen and oxygen atoms in total. The Hall–Kier alpha value is -1.82. The van der Waals surface area contributed by atoms with Gasteiger partial charge in [-0.25, -0.2) is 4.98 Å². The van der Waals surface area contributed by atoms with Crippen LogP contribution in [-0.4, -0.2) is 33.2 Å². The van der Waals surface area contributed by atoms with E-state index < -0.39 is 0 Å². The summed E-state index contributed by atoms with van der Waals surface area (Å²) in [5, 5.41) is 0. The van der Waals surface area contributed by atoms with Crippen molar-refractivity contribution in [2.75, 3.05) is 18.9 Å². The Bertz CT molecular complexity index is 530. The molecule has 0 aliphatic carbocycles. The first-order valence-electron chi connectivity index (χ1n) is 5.82. The first kappa shape index (κ1) is 12.6. The van der Waals surface area contributed by atoms with Crippen molar-refractivity contribution < 1.29 is 9.47 Å². The van der Waals surface area contributed by atoms with E-state index in [1.807, 2.05) is 20.8 Å². The molecule has 0 bridgehead atoms. The van der Waals surface area contributed by atoms with Gasteiger partial charge in [0.15, 0.2) is 0 Å². The molecular weight excluding hydrogens is 232 g/mol. The molecule has 0 atom stereocenters. The fraction of sp³-hybridized carbons (Fsp3) is 0.500. The lowest BCUT2D eigenvalue weighted by atomic mass is 10.2. The number of nitrogens with zero attached hydrogens (tertiary/aromatic N) is 3. The Labute approximate surface area is 106 Å². The maximum absolute atomic E-state index is 5.69. The molecule has 2 heterocycles. The zero-order valence-corrected chi connectivity index (χ0v) is 10.9. The molecule has 0 aromatic carbocycles. The molecule has 0 saturated carbocycles. The van der Waals surface area contributed by atoms with Gasteiger partial charge in [0.25, 0.3) is 5.88 Å². The van der Waals surface area contributed by atoms with Gasteiger partial charge in [0.2, 0.25) is 5.65 Å². The van der Waals surface area contributed by atoms with Gasteiger partial charge in [0, 0.05) is 12.4 Å². The molecule has 0 aliphatic rings. The minimum Gasteiger partial charge on any atom is -0.473 e. The second kappa shape index (κ2) is 4.81. The average Bonchev–Trinajstić information content (AvgIpc) is 2.70. The third-order valence-electron chi connectivity index (χ3n) is 2.22. The lowest BCUT2D eigenvalue weighted by Crippen LogP contribution is -2.22. The molecule has 0 saturated heterocycles. The molecule has 2 aromatic heterocycles. The monoisotopic (exact) mass is 250 g/mol. The molecule has 0 aliphatic heterocycles. The highest BCUT2D eigenvalue weighted by Crippen LogP contribution is 2.17. The van der Waals surface area contributed by atoms with Crippen molar-refractivity contribution in [3.63, 3.8) is 0 Å². The van der Waals surface area contributed by atoms with E-state index in [1.54, 1.807) is 23.0 Å². The summed E-state index contributed by atoms with van der Waals surface area (Å²) in [6.45, 7) is 6.90. The Morgan fingerprint density at radius 1 is 1.33 bits per heavy atom. The Morgan fingerprint density at radius 3 is 2.83 bits per heavy atom. The molecule has 0 fully saturated rings. The fourth-order valence-corrected chi connectivity index (χ4v) is 1.50. The van der Waals surface area contributed by atoms with E-state index in [1.165, 1.54) is 0 Å². The summed E-state index contributed by atoms with van der Waals surface area (Å²) in [6.07, 6.45) is 5.17. The minimum absolute atomic E-state index is 0.171. The van der Waals surface area contributed by atoms with Crippen molar-refractivity contribution >= 4 is 11.5 Å². The average molecular weight is 250 g/mol. The van der Waals surface area contributed by atoms with Gasteiger partial charge in [0.1, 0.15) is 12.4 Å². The van der Waals surface area contributed by atoms with E-state index in [-0.39, 0.29) is 5.60 Å². The molecule has 98 valence electrons. The molecule has 2 N–H and O–H groups in total. The first-order valence-corrected chi connectivity index (χ1v) is 5.82. The summed E-state index contributed by atoms with van der Waals surface area (Å²) in [4.78, 5) is 8.29. The summed E-state index contributed by atoms with van der Waals surface area (Å²) in [5.41, 5.74) is 6.17. The fourth-order valence-electron chi connectivity index (χ4n) is 1.50. The van der Waals surface area contributed by atoms with Crippen LogP contribution in [0.15, 0.2) is 18.6 Å². The minimum atomic E-state index is -0.171. The van der Waals surface area contributed by atoms with Crippen molar-refractivity contribution in [1.29, 1.82) is 0 Å². The third kappa shape index (κ3) is 3.10. The largest absolute Gasteiger partial charge is 0.473 e. The SMILES string of the molecule is CC(C)(C)OCCOc1nc(N)cn2ccnc12. The summed E-state index contributed by atoms with van der Waals surface area (Å²) >= 11 is 0. The number of nitrogens with two attached hydrogens (primary N) is 1. The number of fused-ring (bicyclic) bond motifs is 1. The number of aromatic nitrogens is 3. The van der Waals surface area contributed by atoms with Crippen molar-refractivity contribution in [3.8, 4) is 5.88 Å². The van der Waals surface area contributed by atoms with Crippen LogP contribution in [-0.2, 0) is 4.74 Å². The lowest BCUT2D eigenvalue weighted by Gasteiger charge is -2.19. The highest BCUT2D eigenvalue weighted by molar-refractivity contribution is 5.52. The number of hydrogen-bond acceptors (Lipinski definition) is 5. The maximum atomic E-state index is 5.69. The summed E-state index contributed by atoms with van der Waals surface area (Å²) in [7, 11) is 0. The molecule has 18 heavy (non-hydrogen) atoms. The van der Waals surface area contributed by atoms with Crippen molar-refractivity contribution in [2.24, 2.45) is 0 Å². The van der Waals surface area contributed by atoms with Crippen LogP contribution in [0.1, 0.15) is 20.8 Å². The number of anilines is 1. The van der Waals surface area contributed by atoms with E-state index >= 15 is 0 Å². The van der Waals surface area contributed by atoms with E-state index in [9.17, 15) is 0 Å². The summed E-state index contributed by atoms with van der Waals surface area (Å²) < 4.78 is 12.9. The van der Waals surface area contributed by atoms with Crippen LogP contribution >= 0.6 is 0 Å². The molecule has 2 aromatic rings. The van der Waals surface area contributed by atoms with E-state index in [0.29, 0.717) is 30.6 Å². The van der Waals surface area contributed by atoms with E-state index in [2.05, 4.69) is 9.97 Å². The smallest absolute Gasteiger partial charge is 0.260 e. The van der Waals surface area contributed by atoms with Gasteiger partial charge >= 0.3 is 0 Å². The lowest BCUT2D eigenvalue weighted by molar-refractivity contribution is -0.0166. The second-order valence-corrected chi connectivity index (χ2v) is 4.94. The van der Waals surface area contributed by atoms with Gasteiger partial charge in [-0.3, -0.25) is 4.40 Å². The number of imidazole rings is 1. The molecule has 0 spiro atoms. The van der Waals surface area contributed by atoms with Crippen molar-refractivity contribution in [1.82, 2.24) is 14.4 Å². The van der Waals surface area contributed by atoms with Gasteiger partial charge in [0.05, 0.1) is 18.4 Å². The van der Waals surface area contributed by atoms with Crippen LogP contribution in [0.2, 0.25) is 0 Å². The zero-order chi connectivity index (χ0) is 13.2. The zero-order valence-electron chi connectivity index (χ0n) is 10.9. The van der Waals surface area contributed by atoms with Crippen LogP contribution in [0.25, 0.3) is 5.65 Å². The normalized spacial score (nSPS) is 11.9. The van der Waals surface area contributed by atoms with Crippen molar-refractivity contribution in [2.45, 2.75) is 26.4 Å². The van der Waals surface area contributed by atoms with Crippen LogP contribution in [0.5, 0.6) is 5.88 Å². The van der Waals surface area contributed by atoms with Gasteiger partial charge < -0.3 is 15.2 Å². The second-order valence-electron chi connectivity index (χ2n) is 4.94. The first-order chi connectivity index (χ1) is 8.46. The van der Waals surface area contributed by atoms with E-state index in [4.69, 9.17) is 15.2 Å². The predicted octanol–water partition coefficient (Wildman–Crippen LogP) is 1.51. The standard InChI is InChI=1S/C12H18N4O2/c1-12(2,3)18-7-6-17-11-10-14-4-5-16(10)8-9(13)15-11/h4-5,8H,6-7,13H2,1-3H3. The topological polar surface area (TPSA) is 74.7 Å². The Balaban J connectivity index is 2.01. The highest BCUT2D eigenvalue weighted by Gasteiger charge is 2.11. The molecule has 2 rings (SSSR count). The Kier molecular flexibility index (Phi) is 3.38. The number of ether oxygens (including phenoxy) is 2. The van der Waals surface area contributed by atoms with Crippen LogP contribution in [0.4, 0.5) is 5.82 Å². The molecule has 0 amide bonds. The van der Waals surface area contributed by atoms with Gasteiger partial charge in [-0.15, -0.1) is 0 Å². The number of hydrogen-bond donors (Lipinski definition) is 1. The van der Waals surface area contributed by atoms with Crippen LogP contribution in [0, 0.1) is 0 Å². The number of nitrogen functional groups attached to an aromatic ring is 1. The van der Waals surface area contributed by atoms with Crippen molar-refractivity contribution in [3.05, 3.63) is 18.6 Å². The quantitative estimate of drug-likeness (QED) is 0.832. The van der Waals surface area contributed by atoms with Gasteiger partial charge in [-0.2, -0.15) is 4.98 Å². The number of rotatable bonds is 4. The maximum Gasteiger partial charge on any atom is 0.260 e. The predicted molar refractivity (Wildman–Crippen MR) is 68.6 cm³/mol. The molecule has 0 unspecified atom stereocenters. The van der Waals surface area contributed by atoms with Crippen LogP contribution in [0.3, 0.4) is 0 Å². The van der Waals surface area contributed by atoms with Gasteiger partial charge in [-0.05, 0) is 20.8 Å². The highest BCUT2D eigenvalue weighted by atomic mass is 16.5. The summed E-state index contributed by atoms with van der Waals surface area (Å²) in [6, 6.07) is 0. The third-order valence-corrected chi connectivity index (χ3v) is 2.22. The van der Waals surface area contributed by atoms with E-state index in [0.717, 1.165) is 0 Å².